The van der Waals surface area contributed by atoms with Crippen molar-refractivity contribution in [1.29, 1.82) is 0 Å². The lowest BCUT2D eigenvalue weighted by Crippen LogP contribution is -2.28. The van der Waals surface area contributed by atoms with Gasteiger partial charge in [-0.25, -0.2) is 0 Å². The summed E-state index contributed by atoms with van der Waals surface area (Å²) in [6.07, 6.45) is 3.93. The first-order valence-corrected chi connectivity index (χ1v) is 6.78. The van der Waals surface area contributed by atoms with E-state index in [-0.39, 0.29) is 0 Å². The molecule has 1 aliphatic heterocycles. The summed E-state index contributed by atoms with van der Waals surface area (Å²) < 4.78 is 1.17. The van der Waals surface area contributed by atoms with Crippen LogP contribution >= 0.6 is 15.9 Å². The van der Waals surface area contributed by atoms with Gasteiger partial charge in [-0.1, -0.05) is 22.9 Å². The highest BCUT2D eigenvalue weighted by atomic mass is 79.9. The summed E-state index contributed by atoms with van der Waals surface area (Å²) in [6, 6.07) is 6.82. The van der Waals surface area contributed by atoms with E-state index in [0.717, 1.165) is 18.3 Å². The standard InChI is InChI=1S/C13H19BrN2/c1-2-12-4-3-7-16(12)9-10-8-11(15)5-6-13(10)14/h5-6,8,12H,2-4,7,9,15H2,1H3. The minimum Gasteiger partial charge on any atom is -0.399 e. The molecule has 1 aromatic carbocycles. The molecule has 88 valence electrons. The fraction of sp³-hybridized carbons (Fsp3) is 0.538. The SMILES string of the molecule is CCC1CCCN1Cc1cc(N)ccc1Br. The maximum atomic E-state index is 5.83. The molecule has 3 heteroatoms. The van der Waals surface area contributed by atoms with Gasteiger partial charge in [-0.15, -0.1) is 0 Å². The Hall–Kier alpha value is -0.540. The highest BCUT2D eigenvalue weighted by Gasteiger charge is 2.23. The van der Waals surface area contributed by atoms with E-state index < -0.39 is 0 Å². The van der Waals surface area contributed by atoms with E-state index >= 15 is 0 Å². The molecule has 2 nitrogen and oxygen atoms in total. The Morgan fingerprint density at radius 1 is 1.50 bits per heavy atom. The Labute approximate surface area is 106 Å². The topological polar surface area (TPSA) is 29.3 Å². The maximum Gasteiger partial charge on any atom is 0.0318 e. The largest absolute Gasteiger partial charge is 0.399 e. The number of nitrogens with two attached hydrogens (primary N) is 1. The monoisotopic (exact) mass is 282 g/mol. The van der Waals surface area contributed by atoms with Crippen molar-refractivity contribution < 1.29 is 0 Å². The van der Waals surface area contributed by atoms with Gasteiger partial charge in [0.2, 0.25) is 0 Å². The quantitative estimate of drug-likeness (QED) is 0.861. The van der Waals surface area contributed by atoms with Gasteiger partial charge in [0.05, 0.1) is 0 Å². The molecule has 0 amide bonds. The average molecular weight is 283 g/mol. The molecule has 0 bridgehead atoms. The third-order valence-electron chi connectivity index (χ3n) is 3.41. The van der Waals surface area contributed by atoms with Crippen LogP contribution in [-0.4, -0.2) is 17.5 Å². The Bertz CT molecular complexity index is 365. The van der Waals surface area contributed by atoms with Crippen LogP contribution in [0.3, 0.4) is 0 Å². The van der Waals surface area contributed by atoms with E-state index in [2.05, 4.69) is 33.8 Å². The number of nitrogens with zero attached hydrogens (tertiary/aromatic N) is 1. The van der Waals surface area contributed by atoms with Crippen LogP contribution in [0, 0.1) is 0 Å². The summed E-state index contributed by atoms with van der Waals surface area (Å²) in [7, 11) is 0. The first-order chi connectivity index (χ1) is 7.70. The Balaban J connectivity index is 2.11. The van der Waals surface area contributed by atoms with Crippen LogP contribution in [0.4, 0.5) is 5.69 Å². The molecule has 0 aliphatic carbocycles. The van der Waals surface area contributed by atoms with Crippen molar-refractivity contribution in [2.75, 3.05) is 12.3 Å². The number of halogens is 1. The van der Waals surface area contributed by atoms with Gasteiger partial charge in [-0.2, -0.15) is 0 Å². The van der Waals surface area contributed by atoms with Crippen LogP contribution in [-0.2, 0) is 6.54 Å². The van der Waals surface area contributed by atoms with Gasteiger partial charge in [0.1, 0.15) is 0 Å². The molecule has 16 heavy (non-hydrogen) atoms. The molecule has 0 saturated carbocycles. The molecular formula is C13H19BrN2. The van der Waals surface area contributed by atoms with Crippen molar-refractivity contribution in [3.63, 3.8) is 0 Å². The second-order valence-corrected chi connectivity index (χ2v) is 5.38. The molecule has 0 radical (unpaired) electrons. The molecule has 1 fully saturated rings. The third-order valence-corrected chi connectivity index (χ3v) is 4.19. The van der Waals surface area contributed by atoms with Gasteiger partial charge in [0.15, 0.2) is 0 Å². The third kappa shape index (κ3) is 2.58. The molecule has 0 aromatic heterocycles. The first-order valence-electron chi connectivity index (χ1n) is 5.98. The molecular weight excluding hydrogens is 264 g/mol. The number of benzene rings is 1. The second-order valence-electron chi connectivity index (χ2n) is 4.53. The normalized spacial score (nSPS) is 21.5. The minimum absolute atomic E-state index is 0.758. The zero-order valence-corrected chi connectivity index (χ0v) is 11.3. The van der Waals surface area contributed by atoms with Gasteiger partial charge in [0.25, 0.3) is 0 Å². The van der Waals surface area contributed by atoms with E-state index in [4.69, 9.17) is 5.73 Å². The lowest BCUT2D eigenvalue weighted by atomic mass is 10.1. The molecule has 0 spiro atoms. The molecule has 1 atom stereocenters. The minimum atomic E-state index is 0.758. The smallest absolute Gasteiger partial charge is 0.0318 e. The zero-order valence-electron chi connectivity index (χ0n) is 9.75. The molecule has 2 N–H and O–H groups in total. The number of anilines is 1. The van der Waals surface area contributed by atoms with Crippen molar-refractivity contribution >= 4 is 21.6 Å². The molecule has 1 saturated heterocycles. The molecule has 1 heterocycles. The van der Waals surface area contributed by atoms with Gasteiger partial charge in [-0.3, -0.25) is 4.90 Å². The van der Waals surface area contributed by atoms with Crippen LogP contribution in [0.5, 0.6) is 0 Å². The van der Waals surface area contributed by atoms with Crippen molar-refractivity contribution in [3.8, 4) is 0 Å². The molecule has 1 aromatic rings. The summed E-state index contributed by atoms with van der Waals surface area (Å²) >= 11 is 3.60. The number of likely N-dealkylation sites (tertiary alicyclic amines) is 1. The van der Waals surface area contributed by atoms with E-state index in [0.29, 0.717) is 0 Å². The first kappa shape index (κ1) is 11.9. The van der Waals surface area contributed by atoms with Crippen molar-refractivity contribution in [2.24, 2.45) is 0 Å². The molecule has 2 rings (SSSR count). The van der Waals surface area contributed by atoms with E-state index in [1.54, 1.807) is 0 Å². The summed E-state index contributed by atoms with van der Waals surface area (Å²) in [5, 5.41) is 0. The van der Waals surface area contributed by atoms with Crippen molar-refractivity contribution in [2.45, 2.75) is 38.8 Å². The van der Waals surface area contributed by atoms with E-state index in [1.165, 1.54) is 35.8 Å². The highest BCUT2D eigenvalue weighted by molar-refractivity contribution is 9.10. The summed E-state index contributed by atoms with van der Waals surface area (Å²) in [5.41, 5.74) is 7.99. The van der Waals surface area contributed by atoms with Gasteiger partial charge < -0.3 is 5.73 Å². The number of nitrogen functional groups attached to an aromatic ring is 1. The Kier molecular flexibility index (Phi) is 3.87. The van der Waals surface area contributed by atoms with Gasteiger partial charge >= 0.3 is 0 Å². The number of hydrogen-bond donors (Lipinski definition) is 1. The second kappa shape index (κ2) is 5.19. The van der Waals surface area contributed by atoms with Crippen LogP contribution in [0.15, 0.2) is 22.7 Å². The number of rotatable bonds is 3. The van der Waals surface area contributed by atoms with Crippen LogP contribution in [0.2, 0.25) is 0 Å². The lowest BCUT2D eigenvalue weighted by Gasteiger charge is -2.23. The molecule has 1 aliphatic rings. The predicted molar refractivity (Wildman–Crippen MR) is 72.3 cm³/mol. The van der Waals surface area contributed by atoms with Crippen molar-refractivity contribution in [3.05, 3.63) is 28.2 Å². The van der Waals surface area contributed by atoms with Crippen LogP contribution < -0.4 is 5.73 Å². The highest BCUT2D eigenvalue weighted by Crippen LogP contribution is 2.26. The van der Waals surface area contributed by atoms with E-state index in [1.807, 2.05) is 12.1 Å². The zero-order chi connectivity index (χ0) is 11.5. The molecule has 1 unspecified atom stereocenters. The summed E-state index contributed by atoms with van der Waals surface area (Å²) in [4.78, 5) is 2.57. The lowest BCUT2D eigenvalue weighted by molar-refractivity contribution is 0.239. The van der Waals surface area contributed by atoms with Crippen molar-refractivity contribution in [1.82, 2.24) is 4.90 Å². The summed E-state index contributed by atoms with van der Waals surface area (Å²) in [6.45, 7) is 4.52. The van der Waals surface area contributed by atoms with E-state index in [9.17, 15) is 0 Å². The fourth-order valence-corrected chi connectivity index (χ4v) is 2.87. The Morgan fingerprint density at radius 2 is 2.31 bits per heavy atom. The summed E-state index contributed by atoms with van der Waals surface area (Å²) in [5.74, 6) is 0. The maximum absolute atomic E-state index is 5.83. The Morgan fingerprint density at radius 3 is 3.06 bits per heavy atom. The van der Waals surface area contributed by atoms with Gasteiger partial charge in [0, 0.05) is 22.7 Å². The van der Waals surface area contributed by atoms with Gasteiger partial charge in [-0.05, 0) is 49.6 Å². The average Bonchev–Trinajstić information content (AvgIpc) is 2.71. The fourth-order valence-electron chi connectivity index (χ4n) is 2.50. The van der Waals surface area contributed by atoms with Crippen LogP contribution in [0.25, 0.3) is 0 Å². The number of hydrogen-bond acceptors (Lipinski definition) is 2. The predicted octanol–water partition coefficient (Wildman–Crippen LogP) is 3.41. The van der Waals surface area contributed by atoms with Crippen LogP contribution in [0.1, 0.15) is 31.7 Å².